The molecular formula is C22H24N4O6S. The minimum absolute atomic E-state index is 0.130. The molecule has 0 radical (unpaired) electrons. The normalized spacial score (nSPS) is 16.5. The molecule has 2 aromatic rings. The number of nitrogens with zero attached hydrogens (tertiary/aromatic N) is 3. The van der Waals surface area contributed by atoms with Crippen molar-refractivity contribution in [3.8, 4) is 5.75 Å². The summed E-state index contributed by atoms with van der Waals surface area (Å²) in [5.74, 6) is -0.883. The Morgan fingerprint density at radius 1 is 1.09 bits per heavy atom. The fourth-order valence-corrected chi connectivity index (χ4v) is 5.71. The number of nitro groups is 2. The summed E-state index contributed by atoms with van der Waals surface area (Å²) >= 11 is 1.39. The lowest BCUT2D eigenvalue weighted by Crippen LogP contribution is -2.36. The van der Waals surface area contributed by atoms with Crippen LogP contribution in [0.1, 0.15) is 71.3 Å². The van der Waals surface area contributed by atoms with E-state index in [4.69, 9.17) is 0 Å². The molecule has 2 aliphatic carbocycles. The van der Waals surface area contributed by atoms with E-state index in [1.54, 1.807) is 0 Å². The van der Waals surface area contributed by atoms with Gasteiger partial charge in [0.1, 0.15) is 5.00 Å². The molecule has 1 aromatic heterocycles. The molecule has 1 heterocycles. The van der Waals surface area contributed by atoms with Crippen molar-refractivity contribution in [2.45, 2.75) is 63.8 Å². The molecule has 10 nitrogen and oxygen atoms in total. The number of aromatic hydroxyl groups is 1. The highest BCUT2D eigenvalue weighted by atomic mass is 32.1. The molecule has 1 saturated carbocycles. The van der Waals surface area contributed by atoms with E-state index >= 15 is 0 Å². The van der Waals surface area contributed by atoms with Gasteiger partial charge in [0.05, 0.1) is 21.5 Å². The van der Waals surface area contributed by atoms with E-state index in [-0.39, 0.29) is 17.5 Å². The monoisotopic (exact) mass is 472 g/mol. The van der Waals surface area contributed by atoms with Gasteiger partial charge >= 0.3 is 5.69 Å². The maximum atomic E-state index is 13.2. The maximum Gasteiger partial charge on any atom is 0.318 e. The van der Waals surface area contributed by atoms with Crippen molar-refractivity contribution in [3.63, 3.8) is 0 Å². The molecule has 1 fully saturated rings. The molecule has 0 atom stereocenters. The molecule has 1 aromatic carbocycles. The van der Waals surface area contributed by atoms with Crippen LogP contribution in [0.25, 0.3) is 0 Å². The van der Waals surface area contributed by atoms with Gasteiger partial charge in [-0.25, -0.2) is 4.99 Å². The first-order valence-corrected chi connectivity index (χ1v) is 11.8. The van der Waals surface area contributed by atoms with Crippen LogP contribution in [0.4, 0.5) is 16.4 Å². The first kappa shape index (κ1) is 22.8. The van der Waals surface area contributed by atoms with Crippen molar-refractivity contribution in [2.24, 2.45) is 4.99 Å². The Labute approximate surface area is 193 Å². The number of thiophene rings is 1. The Bertz CT molecular complexity index is 1140. The average molecular weight is 473 g/mol. The van der Waals surface area contributed by atoms with Gasteiger partial charge in [0.25, 0.3) is 11.6 Å². The number of amides is 1. The number of non-ortho nitro benzene ring substituents is 1. The lowest BCUT2D eigenvalue weighted by Gasteiger charge is -2.23. The topological polar surface area (TPSA) is 148 Å². The van der Waals surface area contributed by atoms with Crippen molar-refractivity contribution in [1.82, 2.24) is 5.32 Å². The second-order valence-electron chi connectivity index (χ2n) is 8.37. The fourth-order valence-electron chi connectivity index (χ4n) is 4.48. The summed E-state index contributed by atoms with van der Waals surface area (Å²) in [5, 5.41) is 36.3. The Hall–Kier alpha value is -3.34. The minimum Gasteiger partial charge on any atom is -0.502 e. The van der Waals surface area contributed by atoms with Crippen molar-refractivity contribution < 1.29 is 19.7 Å². The second kappa shape index (κ2) is 9.65. The van der Waals surface area contributed by atoms with Crippen LogP contribution < -0.4 is 5.32 Å². The quantitative estimate of drug-likeness (QED) is 0.345. The molecule has 1 amide bonds. The third kappa shape index (κ3) is 4.87. The van der Waals surface area contributed by atoms with Gasteiger partial charge in [-0.2, -0.15) is 0 Å². The van der Waals surface area contributed by atoms with Crippen molar-refractivity contribution in [3.05, 3.63) is 53.9 Å². The van der Waals surface area contributed by atoms with E-state index in [0.29, 0.717) is 16.6 Å². The highest BCUT2D eigenvalue weighted by Gasteiger charge is 2.28. The summed E-state index contributed by atoms with van der Waals surface area (Å²) in [4.78, 5) is 39.5. The Morgan fingerprint density at radius 2 is 1.82 bits per heavy atom. The third-order valence-electron chi connectivity index (χ3n) is 6.15. The fraction of sp³-hybridized carbons (Fsp3) is 0.455. The number of aryl methyl sites for hydroxylation is 1. The van der Waals surface area contributed by atoms with E-state index < -0.39 is 27.0 Å². The van der Waals surface area contributed by atoms with E-state index in [0.717, 1.165) is 74.1 Å². The van der Waals surface area contributed by atoms with Crippen molar-refractivity contribution in [2.75, 3.05) is 0 Å². The second-order valence-corrected chi connectivity index (χ2v) is 9.46. The zero-order valence-electron chi connectivity index (χ0n) is 17.9. The van der Waals surface area contributed by atoms with Gasteiger partial charge in [0.15, 0.2) is 0 Å². The van der Waals surface area contributed by atoms with Crippen LogP contribution in [0.3, 0.4) is 0 Å². The van der Waals surface area contributed by atoms with Crippen LogP contribution in [0, 0.1) is 20.2 Å². The number of aliphatic imine (C=N–C) groups is 1. The van der Waals surface area contributed by atoms with Gasteiger partial charge in [-0.05, 0) is 44.1 Å². The first-order valence-electron chi connectivity index (χ1n) is 11.0. The lowest BCUT2D eigenvalue weighted by atomic mass is 9.93. The Balaban J connectivity index is 1.71. The van der Waals surface area contributed by atoms with E-state index in [1.807, 2.05) is 0 Å². The predicted molar refractivity (Wildman–Crippen MR) is 124 cm³/mol. The van der Waals surface area contributed by atoms with Crippen LogP contribution in [0.5, 0.6) is 5.75 Å². The van der Waals surface area contributed by atoms with Gasteiger partial charge in [0, 0.05) is 28.8 Å². The van der Waals surface area contributed by atoms with E-state index in [1.165, 1.54) is 17.8 Å². The number of fused-ring (bicyclic) bond motifs is 1. The minimum atomic E-state index is -0.882. The summed E-state index contributed by atoms with van der Waals surface area (Å²) < 4.78 is 0. The van der Waals surface area contributed by atoms with Gasteiger partial charge < -0.3 is 10.4 Å². The highest BCUT2D eigenvalue weighted by molar-refractivity contribution is 7.16. The molecule has 2 aliphatic rings. The summed E-state index contributed by atoms with van der Waals surface area (Å²) in [6.07, 6.45) is 10.0. The number of rotatable bonds is 6. The lowest BCUT2D eigenvalue weighted by molar-refractivity contribution is -0.394. The molecule has 0 unspecified atom stereocenters. The zero-order valence-corrected chi connectivity index (χ0v) is 18.7. The standard InChI is InChI=1S/C22H24N4O6S/c27-20-13(10-15(25(29)30)11-17(20)26(31)32)12-23-22-19(16-8-4-5-9-18(16)33-22)21(28)24-14-6-2-1-3-7-14/h10-12,14,27H,1-9H2,(H,24,28). The average Bonchev–Trinajstić information content (AvgIpc) is 3.17. The number of hydrogen-bond acceptors (Lipinski definition) is 8. The van der Waals surface area contributed by atoms with Crippen LogP contribution in [-0.2, 0) is 12.8 Å². The molecule has 2 N–H and O–H groups in total. The van der Waals surface area contributed by atoms with Crippen molar-refractivity contribution >= 4 is 39.8 Å². The number of phenols is 1. The Kier molecular flexibility index (Phi) is 6.68. The molecular weight excluding hydrogens is 448 g/mol. The molecule has 0 aliphatic heterocycles. The summed E-state index contributed by atoms with van der Waals surface area (Å²) in [5.41, 5.74) is 0.0471. The molecule has 0 bridgehead atoms. The number of nitro benzene ring substituents is 2. The molecule has 0 saturated heterocycles. The summed E-state index contributed by atoms with van der Waals surface area (Å²) in [6.45, 7) is 0. The first-order chi connectivity index (χ1) is 15.8. The van der Waals surface area contributed by atoms with Crippen LogP contribution in [-0.4, -0.2) is 33.1 Å². The summed E-state index contributed by atoms with van der Waals surface area (Å²) in [6, 6.07) is 1.87. The SMILES string of the molecule is O=C(NC1CCCCC1)c1c(N=Cc2cc([N+](=O)[O-])cc([N+](=O)[O-])c2O)sc2c1CCCC2. The number of carbonyl (C=O) groups excluding carboxylic acids is 1. The smallest absolute Gasteiger partial charge is 0.318 e. The van der Waals surface area contributed by atoms with E-state index in [9.17, 15) is 30.1 Å². The zero-order chi connectivity index (χ0) is 23.5. The summed E-state index contributed by atoms with van der Waals surface area (Å²) in [7, 11) is 0. The highest BCUT2D eigenvalue weighted by Crippen LogP contribution is 2.41. The molecule has 4 rings (SSSR count). The van der Waals surface area contributed by atoms with Gasteiger partial charge in [-0.1, -0.05) is 19.3 Å². The van der Waals surface area contributed by atoms with E-state index in [2.05, 4.69) is 10.3 Å². The molecule has 33 heavy (non-hydrogen) atoms. The number of phenolic OH excluding ortho intramolecular Hbond substituents is 1. The van der Waals surface area contributed by atoms with Gasteiger partial charge in [-0.3, -0.25) is 25.0 Å². The Morgan fingerprint density at radius 3 is 2.52 bits per heavy atom. The largest absolute Gasteiger partial charge is 0.502 e. The number of hydrogen-bond donors (Lipinski definition) is 2. The van der Waals surface area contributed by atoms with Crippen LogP contribution in [0.15, 0.2) is 17.1 Å². The van der Waals surface area contributed by atoms with Crippen LogP contribution >= 0.6 is 11.3 Å². The van der Waals surface area contributed by atoms with Crippen molar-refractivity contribution in [1.29, 1.82) is 0 Å². The third-order valence-corrected chi connectivity index (χ3v) is 7.35. The van der Waals surface area contributed by atoms with Gasteiger partial charge in [0.2, 0.25) is 5.75 Å². The molecule has 0 spiro atoms. The predicted octanol–water partition coefficient (Wildman–Crippen LogP) is 4.96. The molecule has 174 valence electrons. The number of nitrogens with one attached hydrogen (secondary N) is 1. The number of benzene rings is 1. The number of carbonyl (C=O) groups is 1. The van der Waals surface area contributed by atoms with Crippen LogP contribution in [0.2, 0.25) is 0 Å². The van der Waals surface area contributed by atoms with Gasteiger partial charge in [-0.15, -0.1) is 11.3 Å². The maximum absolute atomic E-state index is 13.2. The molecule has 11 heteroatoms.